The van der Waals surface area contributed by atoms with Gasteiger partial charge in [-0.15, -0.1) is 5.10 Å². The van der Waals surface area contributed by atoms with Crippen molar-refractivity contribution in [2.45, 2.75) is 25.8 Å². The van der Waals surface area contributed by atoms with Crippen LogP contribution >= 0.6 is 0 Å². The van der Waals surface area contributed by atoms with E-state index in [0.717, 1.165) is 29.8 Å². The van der Waals surface area contributed by atoms with Crippen LogP contribution in [0.2, 0.25) is 0 Å². The Morgan fingerprint density at radius 1 is 1.00 bits per heavy atom. The fraction of sp³-hybridized carbons (Fsp3) is 0.167. The maximum Gasteiger partial charge on any atom is 0.224 e. The molecule has 0 aliphatic heterocycles. The summed E-state index contributed by atoms with van der Waals surface area (Å²) in [7, 11) is 0. The number of amides is 1. The second kappa shape index (κ2) is 9.67. The predicted molar refractivity (Wildman–Crippen MR) is 121 cm³/mol. The Morgan fingerprint density at radius 2 is 1.87 bits per heavy atom. The van der Waals surface area contributed by atoms with Gasteiger partial charge in [-0.25, -0.2) is 0 Å². The summed E-state index contributed by atoms with van der Waals surface area (Å²) in [6.07, 6.45) is 7.09. The summed E-state index contributed by atoms with van der Waals surface area (Å²) in [5.74, 6) is -0.117. The second-order valence-electron chi connectivity index (χ2n) is 7.30. The third-order valence-electron chi connectivity index (χ3n) is 4.99. The Kier molecular flexibility index (Phi) is 6.32. The Balaban J connectivity index is 1.31. The molecule has 0 atom stereocenters. The Morgan fingerprint density at radius 3 is 2.68 bits per heavy atom. The Bertz CT molecular complexity index is 1140. The number of benzene rings is 2. The predicted octanol–water partition coefficient (Wildman–Crippen LogP) is 3.74. The van der Waals surface area contributed by atoms with Gasteiger partial charge in [0, 0.05) is 43.5 Å². The SMILES string of the molecule is Nc1ccc(-c2cccnc2)cc1NC(=O)CCc1cn(CCc2ccccc2)nn1. The molecular formula is C24H24N6O. The highest BCUT2D eigenvalue weighted by Gasteiger charge is 2.10. The summed E-state index contributed by atoms with van der Waals surface area (Å²) in [6, 6.07) is 19.7. The van der Waals surface area contributed by atoms with Gasteiger partial charge in [-0.3, -0.25) is 14.5 Å². The number of nitrogens with two attached hydrogens (primary N) is 1. The molecular weight excluding hydrogens is 388 g/mol. The van der Waals surface area contributed by atoms with E-state index < -0.39 is 0 Å². The molecule has 0 aliphatic rings. The number of nitrogen functional groups attached to an aromatic ring is 1. The van der Waals surface area contributed by atoms with E-state index in [2.05, 4.69) is 32.7 Å². The number of carbonyl (C=O) groups excluding carboxylic acids is 1. The smallest absolute Gasteiger partial charge is 0.224 e. The van der Waals surface area contributed by atoms with Crippen LogP contribution in [-0.4, -0.2) is 25.9 Å². The van der Waals surface area contributed by atoms with Gasteiger partial charge in [-0.2, -0.15) is 0 Å². The standard InChI is InChI=1S/C24H24N6O/c25-22-10-8-19(20-7-4-13-26-16-20)15-23(22)27-24(31)11-9-21-17-30(29-28-21)14-12-18-5-2-1-3-6-18/h1-8,10,13,15-17H,9,11-12,14,25H2,(H,27,31). The maximum absolute atomic E-state index is 12.5. The molecule has 4 rings (SSSR count). The lowest BCUT2D eigenvalue weighted by atomic mass is 10.1. The summed E-state index contributed by atoms with van der Waals surface area (Å²) < 4.78 is 1.82. The first kappa shape index (κ1) is 20.3. The van der Waals surface area contributed by atoms with Gasteiger partial charge in [0.25, 0.3) is 0 Å². The van der Waals surface area contributed by atoms with Gasteiger partial charge in [-0.05, 0) is 35.7 Å². The van der Waals surface area contributed by atoms with Crippen LogP contribution in [0.1, 0.15) is 17.7 Å². The number of aryl methyl sites for hydroxylation is 3. The topological polar surface area (TPSA) is 98.7 Å². The molecule has 0 fully saturated rings. The van der Waals surface area contributed by atoms with Gasteiger partial charge in [0.1, 0.15) is 0 Å². The molecule has 0 saturated heterocycles. The molecule has 7 heteroatoms. The quantitative estimate of drug-likeness (QED) is 0.430. The zero-order chi connectivity index (χ0) is 21.5. The van der Waals surface area contributed by atoms with Gasteiger partial charge in [0.05, 0.1) is 17.1 Å². The molecule has 4 aromatic rings. The van der Waals surface area contributed by atoms with Crippen LogP contribution in [0.3, 0.4) is 0 Å². The number of carbonyl (C=O) groups is 1. The lowest BCUT2D eigenvalue weighted by molar-refractivity contribution is -0.116. The minimum absolute atomic E-state index is 0.117. The number of aromatic nitrogens is 4. The number of hydrogen-bond donors (Lipinski definition) is 2. The molecule has 3 N–H and O–H groups in total. The summed E-state index contributed by atoms with van der Waals surface area (Å²) in [6.45, 7) is 0.751. The first-order valence-electron chi connectivity index (χ1n) is 10.2. The summed E-state index contributed by atoms with van der Waals surface area (Å²) in [5, 5.41) is 11.2. The number of nitrogens with one attached hydrogen (secondary N) is 1. The van der Waals surface area contributed by atoms with Crippen LogP contribution < -0.4 is 11.1 Å². The molecule has 2 aromatic carbocycles. The average Bonchev–Trinajstić information content (AvgIpc) is 3.27. The molecule has 7 nitrogen and oxygen atoms in total. The summed E-state index contributed by atoms with van der Waals surface area (Å²) in [5.41, 5.74) is 11.1. The number of rotatable bonds is 8. The zero-order valence-corrected chi connectivity index (χ0v) is 17.1. The third-order valence-corrected chi connectivity index (χ3v) is 4.99. The Hall–Kier alpha value is -4.00. The fourth-order valence-corrected chi connectivity index (χ4v) is 3.28. The largest absolute Gasteiger partial charge is 0.397 e. The first-order chi connectivity index (χ1) is 15.2. The fourth-order valence-electron chi connectivity index (χ4n) is 3.28. The van der Waals surface area contributed by atoms with Crippen LogP contribution in [0.4, 0.5) is 11.4 Å². The molecule has 0 radical (unpaired) electrons. The van der Waals surface area contributed by atoms with E-state index >= 15 is 0 Å². The van der Waals surface area contributed by atoms with Gasteiger partial charge < -0.3 is 11.1 Å². The maximum atomic E-state index is 12.5. The van der Waals surface area contributed by atoms with E-state index in [-0.39, 0.29) is 5.91 Å². The van der Waals surface area contributed by atoms with Gasteiger partial charge >= 0.3 is 0 Å². The molecule has 1 amide bonds. The molecule has 0 bridgehead atoms. The van der Waals surface area contributed by atoms with E-state index in [1.165, 1.54) is 5.56 Å². The van der Waals surface area contributed by atoms with Crippen molar-refractivity contribution in [3.05, 3.63) is 90.5 Å². The van der Waals surface area contributed by atoms with E-state index in [0.29, 0.717) is 24.2 Å². The molecule has 0 saturated carbocycles. The van der Waals surface area contributed by atoms with Crippen LogP contribution in [0.15, 0.2) is 79.3 Å². The van der Waals surface area contributed by atoms with Crippen molar-refractivity contribution in [2.24, 2.45) is 0 Å². The monoisotopic (exact) mass is 412 g/mol. The van der Waals surface area contributed by atoms with Gasteiger partial charge in [-0.1, -0.05) is 47.7 Å². The highest BCUT2D eigenvalue weighted by atomic mass is 16.1. The number of anilines is 2. The molecule has 156 valence electrons. The van der Waals surface area contributed by atoms with Crippen molar-refractivity contribution < 1.29 is 4.79 Å². The van der Waals surface area contributed by atoms with Crippen LogP contribution in [0, 0.1) is 0 Å². The highest BCUT2D eigenvalue weighted by molar-refractivity contribution is 5.95. The lowest BCUT2D eigenvalue weighted by Crippen LogP contribution is -2.13. The second-order valence-corrected chi connectivity index (χ2v) is 7.30. The minimum Gasteiger partial charge on any atom is -0.397 e. The zero-order valence-electron chi connectivity index (χ0n) is 17.1. The number of hydrogen-bond acceptors (Lipinski definition) is 5. The molecule has 0 spiro atoms. The Labute approximate surface area is 180 Å². The van der Waals surface area contributed by atoms with Gasteiger partial charge in [0.2, 0.25) is 5.91 Å². The number of pyridine rings is 1. The van der Waals surface area contributed by atoms with Gasteiger partial charge in [0.15, 0.2) is 0 Å². The van der Waals surface area contributed by atoms with Crippen molar-refractivity contribution in [1.82, 2.24) is 20.0 Å². The molecule has 2 heterocycles. The van der Waals surface area contributed by atoms with Crippen LogP contribution in [-0.2, 0) is 24.2 Å². The first-order valence-corrected chi connectivity index (χ1v) is 10.2. The molecule has 2 aromatic heterocycles. The van der Waals surface area contributed by atoms with E-state index in [9.17, 15) is 4.79 Å². The van der Waals surface area contributed by atoms with E-state index in [1.807, 2.05) is 53.3 Å². The van der Waals surface area contributed by atoms with Crippen molar-refractivity contribution in [3.8, 4) is 11.1 Å². The minimum atomic E-state index is -0.117. The van der Waals surface area contributed by atoms with Crippen molar-refractivity contribution in [3.63, 3.8) is 0 Å². The third kappa shape index (κ3) is 5.54. The van der Waals surface area contributed by atoms with Crippen molar-refractivity contribution in [2.75, 3.05) is 11.1 Å². The molecule has 0 unspecified atom stereocenters. The number of nitrogens with zero attached hydrogens (tertiary/aromatic N) is 4. The summed E-state index contributed by atoms with van der Waals surface area (Å²) in [4.78, 5) is 16.6. The van der Waals surface area contributed by atoms with Crippen molar-refractivity contribution in [1.29, 1.82) is 0 Å². The molecule has 0 aliphatic carbocycles. The lowest BCUT2D eigenvalue weighted by Gasteiger charge is -2.10. The van der Waals surface area contributed by atoms with Crippen molar-refractivity contribution >= 4 is 17.3 Å². The van der Waals surface area contributed by atoms with E-state index in [1.54, 1.807) is 18.5 Å². The highest BCUT2D eigenvalue weighted by Crippen LogP contribution is 2.27. The van der Waals surface area contributed by atoms with Crippen LogP contribution in [0.25, 0.3) is 11.1 Å². The normalized spacial score (nSPS) is 10.7. The average molecular weight is 412 g/mol. The summed E-state index contributed by atoms with van der Waals surface area (Å²) >= 11 is 0. The molecule has 31 heavy (non-hydrogen) atoms. The van der Waals surface area contributed by atoms with Crippen LogP contribution in [0.5, 0.6) is 0 Å². The van der Waals surface area contributed by atoms with E-state index in [4.69, 9.17) is 5.73 Å².